The average Bonchev–Trinajstić information content (AvgIpc) is 1.91. The van der Waals surface area contributed by atoms with Gasteiger partial charge in [0.2, 0.25) is 0 Å². The second kappa shape index (κ2) is 6.01. The molecule has 1 atom stereocenters. The van der Waals surface area contributed by atoms with Gasteiger partial charge in [0.15, 0.2) is 0 Å². The number of nitrogens with one attached hydrogen (secondary N) is 1. The molecular weight excluding hydrogens is 116 g/mol. The molecule has 0 aliphatic rings. The maximum atomic E-state index is 8.65. The molecule has 3 heteroatoms. The highest BCUT2D eigenvalue weighted by Gasteiger charge is 1.99. The van der Waals surface area contributed by atoms with Crippen molar-refractivity contribution < 1.29 is 5.11 Å². The zero-order valence-corrected chi connectivity index (χ0v) is 5.93. The number of hydrogen-bond acceptors (Lipinski definition) is 3. The van der Waals surface area contributed by atoms with Crippen molar-refractivity contribution in [2.45, 2.75) is 19.4 Å². The van der Waals surface area contributed by atoms with Crippen LogP contribution in [0.2, 0.25) is 0 Å². The number of aliphatic hydroxyl groups is 1. The Bertz CT molecular complexity index is 55.0. The van der Waals surface area contributed by atoms with Crippen molar-refractivity contribution in [3.63, 3.8) is 0 Å². The average molecular weight is 132 g/mol. The van der Waals surface area contributed by atoms with Gasteiger partial charge in [-0.3, -0.25) is 0 Å². The van der Waals surface area contributed by atoms with E-state index in [9.17, 15) is 0 Å². The Labute approximate surface area is 56.2 Å². The molecule has 0 aliphatic carbocycles. The first-order valence-corrected chi connectivity index (χ1v) is 3.39. The standard InChI is InChI=1S/C6H16N2O/c1-2-6(5-9)8-4-3-7/h6,8-9H,2-5,7H2,1H3/t6-/m1/s1. The van der Waals surface area contributed by atoms with Crippen LogP contribution in [0.4, 0.5) is 0 Å². The Morgan fingerprint density at radius 3 is 2.67 bits per heavy atom. The second-order valence-electron chi connectivity index (χ2n) is 2.03. The Balaban J connectivity index is 3.09. The summed E-state index contributed by atoms with van der Waals surface area (Å²) in [5, 5.41) is 11.7. The molecule has 0 bridgehead atoms. The van der Waals surface area contributed by atoms with Gasteiger partial charge < -0.3 is 16.2 Å². The van der Waals surface area contributed by atoms with Crippen LogP contribution in [0.1, 0.15) is 13.3 Å². The van der Waals surface area contributed by atoms with E-state index < -0.39 is 0 Å². The molecule has 4 N–H and O–H groups in total. The molecule has 0 rings (SSSR count). The van der Waals surface area contributed by atoms with Crippen LogP contribution in [0.5, 0.6) is 0 Å². The van der Waals surface area contributed by atoms with Crippen molar-refractivity contribution in [2.75, 3.05) is 19.7 Å². The Morgan fingerprint density at radius 1 is 1.67 bits per heavy atom. The van der Waals surface area contributed by atoms with Gasteiger partial charge in [-0.2, -0.15) is 0 Å². The molecule has 0 amide bonds. The summed E-state index contributed by atoms with van der Waals surface area (Å²) >= 11 is 0. The van der Waals surface area contributed by atoms with E-state index in [0.29, 0.717) is 6.54 Å². The van der Waals surface area contributed by atoms with E-state index in [2.05, 4.69) is 5.32 Å². The van der Waals surface area contributed by atoms with Crippen molar-refractivity contribution in [1.29, 1.82) is 0 Å². The van der Waals surface area contributed by atoms with E-state index >= 15 is 0 Å². The predicted octanol–water partition coefficient (Wildman–Crippen LogP) is -0.694. The molecule has 0 aromatic heterocycles. The number of aliphatic hydroxyl groups excluding tert-OH is 1. The molecule has 56 valence electrons. The van der Waals surface area contributed by atoms with E-state index in [1.807, 2.05) is 6.92 Å². The number of rotatable bonds is 5. The van der Waals surface area contributed by atoms with Crippen molar-refractivity contribution in [3.8, 4) is 0 Å². The van der Waals surface area contributed by atoms with Crippen molar-refractivity contribution >= 4 is 0 Å². The van der Waals surface area contributed by atoms with Crippen LogP contribution in [0.25, 0.3) is 0 Å². The van der Waals surface area contributed by atoms with Crippen LogP contribution >= 0.6 is 0 Å². The molecule has 9 heavy (non-hydrogen) atoms. The van der Waals surface area contributed by atoms with Gasteiger partial charge in [-0.1, -0.05) is 6.92 Å². The number of hydrogen-bond donors (Lipinski definition) is 3. The van der Waals surface area contributed by atoms with Crippen LogP contribution in [-0.4, -0.2) is 30.8 Å². The summed E-state index contributed by atoms with van der Waals surface area (Å²) in [6.07, 6.45) is 0.955. The highest BCUT2D eigenvalue weighted by atomic mass is 16.3. The van der Waals surface area contributed by atoms with E-state index in [-0.39, 0.29) is 12.6 Å². The summed E-state index contributed by atoms with van der Waals surface area (Å²) in [5.74, 6) is 0. The van der Waals surface area contributed by atoms with Gasteiger partial charge in [0.1, 0.15) is 0 Å². The molecule has 0 radical (unpaired) electrons. The zero-order valence-electron chi connectivity index (χ0n) is 5.93. The third-order valence-electron chi connectivity index (χ3n) is 1.29. The minimum Gasteiger partial charge on any atom is -0.395 e. The van der Waals surface area contributed by atoms with Gasteiger partial charge in [0.05, 0.1) is 6.61 Å². The summed E-state index contributed by atoms with van der Waals surface area (Å²) in [7, 11) is 0. The lowest BCUT2D eigenvalue weighted by molar-refractivity contribution is 0.240. The molecule has 0 saturated heterocycles. The molecule has 0 heterocycles. The highest BCUT2D eigenvalue weighted by molar-refractivity contribution is 4.61. The zero-order chi connectivity index (χ0) is 7.11. The fourth-order valence-electron chi connectivity index (χ4n) is 0.625. The Hall–Kier alpha value is -0.120. The van der Waals surface area contributed by atoms with E-state index in [1.165, 1.54) is 0 Å². The van der Waals surface area contributed by atoms with Crippen molar-refractivity contribution in [2.24, 2.45) is 5.73 Å². The molecule has 0 aliphatic heterocycles. The largest absolute Gasteiger partial charge is 0.395 e. The minimum atomic E-state index is 0.205. The molecular formula is C6H16N2O. The van der Waals surface area contributed by atoms with Crippen LogP contribution in [-0.2, 0) is 0 Å². The lowest BCUT2D eigenvalue weighted by Crippen LogP contribution is -2.35. The van der Waals surface area contributed by atoms with Crippen LogP contribution in [0, 0.1) is 0 Å². The smallest absolute Gasteiger partial charge is 0.0584 e. The summed E-state index contributed by atoms with van der Waals surface area (Å²) in [6, 6.07) is 0.230. The topological polar surface area (TPSA) is 58.3 Å². The molecule has 0 saturated carbocycles. The second-order valence-corrected chi connectivity index (χ2v) is 2.03. The molecule has 0 aromatic carbocycles. The van der Waals surface area contributed by atoms with Gasteiger partial charge in [0, 0.05) is 19.1 Å². The lowest BCUT2D eigenvalue weighted by atomic mass is 10.2. The molecule has 0 unspecified atom stereocenters. The van der Waals surface area contributed by atoms with Gasteiger partial charge in [0.25, 0.3) is 0 Å². The van der Waals surface area contributed by atoms with Crippen molar-refractivity contribution in [3.05, 3.63) is 0 Å². The fourth-order valence-corrected chi connectivity index (χ4v) is 0.625. The maximum Gasteiger partial charge on any atom is 0.0584 e. The molecule has 0 spiro atoms. The summed E-state index contributed by atoms with van der Waals surface area (Å²) in [6.45, 7) is 3.66. The lowest BCUT2D eigenvalue weighted by Gasteiger charge is -2.11. The molecule has 3 nitrogen and oxygen atoms in total. The fraction of sp³-hybridized carbons (Fsp3) is 1.00. The monoisotopic (exact) mass is 132 g/mol. The summed E-state index contributed by atoms with van der Waals surface area (Å²) < 4.78 is 0. The quantitative estimate of drug-likeness (QED) is 0.464. The Morgan fingerprint density at radius 2 is 2.33 bits per heavy atom. The van der Waals surface area contributed by atoms with Gasteiger partial charge in [-0.05, 0) is 6.42 Å². The Kier molecular flexibility index (Phi) is 5.93. The van der Waals surface area contributed by atoms with Crippen LogP contribution < -0.4 is 11.1 Å². The predicted molar refractivity (Wildman–Crippen MR) is 38.2 cm³/mol. The first kappa shape index (κ1) is 8.88. The third-order valence-corrected chi connectivity index (χ3v) is 1.29. The normalized spacial score (nSPS) is 13.7. The van der Waals surface area contributed by atoms with E-state index in [0.717, 1.165) is 13.0 Å². The molecule has 0 fully saturated rings. The van der Waals surface area contributed by atoms with Gasteiger partial charge >= 0.3 is 0 Å². The minimum absolute atomic E-state index is 0.205. The van der Waals surface area contributed by atoms with E-state index in [4.69, 9.17) is 10.8 Å². The van der Waals surface area contributed by atoms with E-state index in [1.54, 1.807) is 0 Å². The van der Waals surface area contributed by atoms with Gasteiger partial charge in [-0.15, -0.1) is 0 Å². The SMILES string of the molecule is CC[C@H](CO)NCCN. The molecule has 0 aromatic rings. The first-order valence-electron chi connectivity index (χ1n) is 3.39. The van der Waals surface area contributed by atoms with Crippen molar-refractivity contribution in [1.82, 2.24) is 5.32 Å². The highest BCUT2D eigenvalue weighted by Crippen LogP contribution is 1.85. The van der Waals surface area contributed by atoms with Crippen LogP contribution in [0.3, 0.4) is 0 Å². The summed E-state index contributed by atoms with van der Waals surface area (Å²) in [4.78, 5) is 0. The summed E-state index contributed by atoms with van der Waals surface area (Å²) in [5.41, 5.74) is 5.24. The maximum absolute atomic E-state index is 8.65. The van der Waals surface area contributed by atoms with Gasteiger partial charge in [-0.25, -0.2) is 0 Å². The third kappa shape index (κ3) is 4.39. The van der Waals surface area contributed by atoms with Crippen LogP contribution in [0.15, 0.2) is 0 Å². The number of nitrogens with two attached hydrogens (primary N) is 1. The first-order chi connectivity index (χ1) is 4.35.